The fourth-order valence-electron chi connectivity index (χ4n) is 5.65. The molecule has 3 aromatic carbocycles. The summed E-state index contributed by atoms with van der Waals surface area (Å²) in [6, 6.07) is 13.8. The predicted molar refractivity (Wildman–Crippen MR) is 148 cm³/mol. The molecule has 3 saturated heterocycles. The van der Waals surface area contributed by atoms with Crippen molar-refractivity contribution in [2.75, 3.05) is 30.7 Å². The number of methoxy groups -OCH3 is 1. The van der Waals surface area contributed by atoms with Crippen molar-refractivity contribution in [3.63, 3.8) is 0 Å². The van der Waals surface area contributed by atoms with E-state index >= 15 is 0 Å². The fraction of sp³-hybridized carbons (Fsp3) is 0.276. The largest absolute Gasteiger partial charge is 0.493 e. The maximum Gasteiger partial charge on any atom is 0.330 e. The number of hydrogen-bond donors (Lipinski definition) is 1. The van der Waals surface area contributed by atoms with Crippen molar-refractivity contribution in [2.24, 2.45) is 5.92 Å². The molecule has 4 unspecified atom stereocenters. The summed E-state index contributed by atoms with van der Waals surface area (Å²) in [4.78, 5) is 58.2. The summed E-state index contributed by atoms with van der Waals surface area (Å²) in [6.07, 6.45) is -0.701. The maximum atomic E-state index is 13.8. The number of esters is 1. The fourth-order valence-corrected chi connectivity index (χ4v) is 5.65. The molecule has 0 bridgehead atoms. The van der Waals surface area contributed by atoms with E-state index in [1.54, 1.807) is 30.3 Å². The smallest absolute Gasteiger partial charge is 0.330 e. The number of nitrogens with one attached hydrogen (secondary N) is 1. The molecule has 0 aromatic heterocycles. The van der Waals surface area contributed by atoms with Gasteiger partial charge in [-0.3, -0.25) is 30.0 Å². The third-order valence-electron chi connectivity index (χ3n) is 7.75. The first-order valence-corrected chi connectivity index (χ1v) is 13.4. The molecule has 13 nitrogen and oxygen atoms in total. The van der Waals surface area contributed by atoms with E-state index < -0.39 is 52.6 Å². The van der Waals surface area contributed by atoms with Gasteiger partial charge < -0.3 is 9.47 Å². The number of benzene rings is 3. The summed E-state index contributed by atoms with van der Waals surface area (Å²) in [6.45, 7) is 0.631. The van der Waals surface area contributed by atoms with Crippen LogP contribution < -0.4 is 24.9 Å². The molecular weight excluding hydrogens is 565 g/mol. The number of imide groups is 1. The van der Waals surface area contributed by atoms with Gasteiger partial charge in [0, 0.05) is 25.7 Å². The van der Waals surface area contributed by atoms with Crippen molar-refractivity contribution < 1.29 is 38.0 Å². The van der Waals surface area contributed by atoms with Crippen molar-refractivity contribution >= 4 is 34.8 Å². The zero-order valence-corrected chi connectivity index (χ0v) is 23.0. The highest BCUT2D eigenvalue weighted by atomic mass is 19.1. The molecule has 222 valence electrons. The number of hydrazine groups is 1. The van der Waals surface area contributed by atoms with Crippen LogP contribution >= 0.6 is 0 Å². The number of fused-ring (bicyclic) bond motifs is 1. The van der Waals surface area contributed by atoms with Crippen LogP contribution in [0.15, 0.2) is 66.7 Å². The Hall–Kier alpha value is -4.92. The van der Waals surface area contributed by atoms with Crippen LogP contribution in [0, 0.1) is 21.8 Å². The van der Waals surface area contributed by atoms with Crippen LogP contribution in [0.4, 0.5) is 21.5 Å². The topological polar surface area (TPSA) is 144 Å². The number of halogens is 1. The van der Waals surface area contributed by atoms with Crippen LogP contribution in [0.5, 0.6) is 11.5 Å². The number of carbonyl (C=O) groups excluding carboxylic acids is 3. The van der Waals surface area contributed by atoms with Crippen molar-refractivity contribution in [2.45, 2.75) is 24.6 Å². The minimum absolute atomic E-state index is 0.149. The molecule has 3 fully saturated rings. The lowest BCUT2D eigenvalue weighted by Crippen LogP contribution is -2.40. The number of hydrogen-bond acceptors (Lipinski definition) is 11. The number of non-ortho nitro benzene ring substituents is 1. The summed E-state index contributed by atoms with van der Waals surface area (Å²) >= 11 is 0. The monoisotopic (exact) mass is 591 g/mol. The predicted octanol–water partition coefficient (Wildman–Crippen LogP) is 2.91. The molecule has 0 spiro atoms. The summed E-state index contributed by atoms with van der Waals surface area (Å²) in [5, 5.41) is 14.5. The van der Waals surface area contributed by atoms with E-state index in [2.05, 4.69) is 5.43 Å². The quantitative estimate of drug-likeness (QED) is 0.142. The second kappa shape index (κ2) is 11.1. The highest BCUT2D eigenvalue weighted by molar-refractivity contribution is 6.23. The van der Waals surface area contributed by atoms with Gasteiger partial charge in [-0.1, -0.05) is 12.1 Å². The summed E-state index contributed by atoms with van der Waals surface area (Å²) < 4.78 is 24.8. The standard InChI is InChI=1S/C29H26FN5O8/c1-32-21(12-13-31-32)29(38)42-22-11-6-16(14-23(22)41-2)25-24-26(43-34(25)19-4-3-5-20(15-19)35(39)40)28(37)33(27(24)36)18-9-7-17(30)8-10-18/h3-11,14-15,21,24-26,31H,12-13H2,1-2H3. The number of anilines is 2. The first kappa shape index (κ1) is 28.2. The van der Waals surface area contributed by atoms with Gasteiger partial charge in [0.2, 0.25) is 5.91 Å². The molecule has 3 heterocycles. The lowest BCUT2D eigenvalue weighted by atomic mass is 9.90. The third-order valence-corrected chi connectivity index (χ3v) is 7.75. The average Bonchev–Trinajstić information content (AvgIpc) is 3.68. The number of amides is 2. The summed E-state index contributed by atoms with van der Waals surface area (Å²) in [7, 11) is 3.14. The Morgan fingerprint density at radius 3 is 2.49 bits per heavy atom. The van der Waals surface area contributed by atoms with Gasteiger partial charge in [0.15, 0.2) is 17.6 Å². The van der Waals surface area contributed by atoms with Gasteiger partial charge >= 0.3 is 5.97 Å². The Morgan fingerprint density at radius 2 is 1.81 bits per heavy atom. The molecule has 0 aliphatic carbocycles. The minimum Gasteiger partial charge on any atom is -0.493 e. The van der Waals surface area contributed by atoms with Gasteiger partial charge in [0.05, 0.1) is 29.4 Å². The number of nitro benzene ring substituents is 1. The summed E-state index contributed by atoms with van der Waals surface area (Å²) in [5.74, 6) is -3.00. The third kappa shape index (κ3) is 4.94. The molecule has 14 heteroatoms. The lowest BCUT2D eigenvalue weighted by Gasteiger charge is -2.29. The van der Waals surface area contributed by atoms with E-state index in [0.717, 1.165) is 17.0 Å². The number of likely N-dealkylation sites (N-methyl/N-ethyl adjacent to an activating group) is 1. The zero-order valence-electron chi connectivity index (χ0n) is 23.0. The van der Waals surface area contributed by atoms with Crippen LogP contribution in [0.25, 0.3) is 0 Å². The Bertz CT molecular complexity index is 1620. The Morgan fingerprint density at radius 1 is 1.05 bits per heavy atom. The summed E-state index contributed by atoms with van der Waals surface area (Å²) in [5.41, 5.74) is 3.71. The van der Waals surface area contributed by atoms with Gasteiger partial charge in [0.25, 0.3) is 11.6 Å². The Balaban J connectivity index is 1.39. The van der Waals surface area contributed by atoms with Crippen molar-refractivity contribution in [1.29, 1.82) is 0 Å². The number of carbonyl (C=O) groups is 3. The van der Waals surface area contributed by atoms with Gasteiger partial charge in [-0.2, -0.15) is 0 Å². The van der Waals surface area contributed by atoms with Crippen LogP contribution in [-0.4, -0.2) is 60.6 Å². The highest BCUT2D eigenvalue weighted by Crippen LogP contribution is 2.49. The Labute approximate surface area is 244 Å². The van der Waals surface area contributed by atoms with Gasteiger partial charge in [-0.25, -0.2) is 24.2 Å². The van der Waals surface area contributed by atoms with E-state index in [9.17, 15) is 28.9 Å². The van der Waals surface area contributed by atoms with Crippen molar-refractivity contribution in [3.8, 4) is 11.5 Å². The number of rotatable bonds is 7. The van der Waals surface area contributed by atoms with E-state index in [1.807, 2.05) is 0 Å². The number of ether oxygens (including phenoxy) is 2. The molecule has 3 aliphatic heterocycles. The average molecular weight is 592 g/mol. The van der Waals surface area contributed by atoms with Crippen LogP contribution in [0.2, 0.25) is 0 Å². The number of hydroxylamine groups is 1. The first-order valence-electron chi connectivity index (χ1n) is 13.4. The van der Waals surface area contributed by atoms with Gasteiger partial charge in [0.1, 0.15) is 17.8 Å². The first-order chi connectivity index (χ1) is 20.7. The zero-order chi connectivity index (χ0) is 30.4. The number of nitrogens with zero attached hydrogens (tertiary/aromatic N) is 4. The normalized spacial score (nSPS) is 23.5. The van der Waals surface area contributed by atoms with E-state index in [4.69, 9.17) is 14.3 Å². The van der Waals surface area contributed by atoms with E-state index in [-0.39, 0.29) is 28.6 Å². The van der Waals surface area contributed by atoms with Crippen molar-refractivity contribution in [1.82, 2.24) is 10.4 Å². The van der Waals surface area contributed by atoms with Gasteiger partial charge in [-0.15, -0.1) is 0 Å². The highest BCUT2D eigenvalue weighted by Gasteiger charge is 2.60. The Kier molecular flexibility index (Phi) is 7.25. The number of nitro groups is 1. The second-order valence-corrected chi connectivity index (χ2v) is 10.2. The van der Waals surface area contributed by atoms with Gasteiger partial charge in [-0.05, 0) is 54.4 Å². The molecule has 0 radical (unpaired) electrons. The molecule has 2 amide bonds. The minimum atomic E-state index is -1.27. The molecule has 6 rings (SSSR count). The molecule has 4 atom stereocenters. The SMILES string of the molecule is COc1cc(C2C3C(=O)N(c4ccc(F)cc4)C(=O)C3ON2c2cccc([N+](=O)[O-])c2)ccc1OC(=O)C1CCNN1C. The molecule has 43 heavy (non-hydrogen) atoms. The molecule has 1 N–H and O–H groups in total. The maximum absolute atomic E-state index is 13.8. The van der Waals surface area contributed by atoms with E-state index in [0.29, 0.717) is 18.5 Å². The van der Waals surface area contributed by atoms with Crippen molar-refractivity contribution in [3.05, 3.63) is 88.2 Å². The molecule has 0 saturated carbocycles. The molecule has 3 aliphatic rings. The second-order valence-electron chi connectivity index (χ2n) is 10.2. The van der Waals surface area contributed by atoms with E-state index in [1.165, 1.54) is 48.6 Å². The van der Waals surface area contributed by atoms with Crippen LogP contribution in [-0.2, 0) is 19.2 Å². The molecule has 3 aromatic rings. The lowest BCUT2D eigenvalue weighted by molar-refractivity contribution is -0.384. The van der Waals surface area contributed by atoms with Crippen LogP contribution in [0.3, 0.4) is 0 Å². The van der Waals surface area contributed by atoms with Crippen LogP contribution in [0.1, 0.15) is 18.0 Å². The molecular formula is C29H26FN5O8.